The molecule has 2 aromatic rings. The van der Waals surface area contributed by atoms with Gasteiger partial charge in [-0.15, -0.1) is 0 Å². The number of ketones is 1. The molecule has 146 valence electrons. The number of carbonyl (C=O) groups is 1. The van der Waals surface area contributed by atoms with Crippen molar-refractivity contribution < 1.29 is 14.3 Å². The number of ether oxygens (including phenoxy) is 2. The zero-order valence-corrected chi connectivity index (χ0v) is 17.4. The van der Waals surface area contributed by atoms with E-state index in [1.807, 2.05) is 49.4 Å². The van der Waals surface area contributed by atoms with Gasteiger partial charge >= 0.3 is 0 Å². The predicted octanol–water partition coefficient (Wildman–Crippen LogP) is 4.31. The Morgan fingerprint density at radius 1 is 1.18 bits per heavy atom. The molecule has 0 aliphatic carbocycles. The number of hydrogen-bond donors (Lipinski definition) is 2. The molecule has 0 saturated heterocycles. The van der Waals surface area contributed by atoms with Gasteiger partial charge in [0.2, 0.25) is 0 Å². The first-order valence-electron chi connectivity index (χ1n) is 8.73. The van der Waals surface area contributed by atoms with Gasteiger partial charge < -0.3 is 20.1 Å². The lowest BCUT2D eigenvalue weighted by atomic mass is 9.93. The molecule has 0 fully saturated rings. The minimum atomic E-state index is -0.352. The van der Waals surface area contributed by atoms with Crippen molar-refractivity contribution in [2.24, 2.45) is 0 Å². The first-order valence-corrected chi connectivity index (χ1v) is 9.52. The van der Waals surface area contributed by atoms with Gasteiger partial charge in [0.1, 0.15) is 6.61 Å². The van der Waals surface area contributed by atoms with Gasteiger partial charge in [0.25, 0.3) is 0 Å². The molecule has 0 aromatic heterocycles. The number of nitrogens with one attached hydrogen (secondary N) is 2. The number of rotatable bonds is 6. The lowest BCUT2D eigenvalue weighted by Gasteiger charge is -2.30. The summed E-state index contributed by atoms with van der Waals surface area (Å²) in [6.07, 6.45) is 0. The number of hydrogen-bond acceptors (Lipinski definition) is 4. The molecule has 2 N–H and O–H groups in total. The van der Waals surface area contributed by atoms with Crippen molar-refractivity contribution in [3.63, 3.8) is 0 Å². The maximum Gasteiger partial charge on any atom is 0.171 e. The van der Waals surface area contributed by atoms with Crippen LogP contribution in [0.15, 0.2) is 53.7 Å². The molecule has 3 rings (SSSR count). The Morgan fingerprint density at radius 3 is 2.54 bits per heavy atom. The van der Waals surface area contributed by atoms with E-state index in [9.17, 15) is 4.79 Å². The highest BCUT2D eigenvalue weighted by Gasteiger charge is 2.28. The zero-order chi connectivity index (χ0) is 20.3. The van der Waals surface area contributed by atoms with Crippen molar-refractivity contribution >= 4 is 34.7 Å². The zero-order valence-electron chi connectivity index (χ0n) is 15.8. The van der Waals surface area contributed by atoms with Gasteiger partial charge in [0.05, 0.1) is 13.2 Å². The molecule has 1 unspecified atom stereocenters. The lowest BCUT2D eigenvalue weighted by molar-refractivity contribution is -0.114. The second-order valence-corrected chi connectivity index (χ2v) is 7.30. The lowest BCUT2D eigenvalue weighted by Crippen LogP contribution is -2.44. The van der Waals surface area contributed by atoms with E-state index < -0.39 is 0 Å². The van der Waals surface area contributed by atoms with Crippen molar-refractivity contribution in [1.82, 2.24) is 10.6 Å². The van der Waals surface area contributed by atoms with Gasteiger partial charge in [0, 0.05) is 16.3 Å². The van der Waals surface area contributed by atoms with E-state index in [2.05, 4.69) is 10.6 Å². The summed E-state index contributed by atoms with van der Waals surface area (Å²) < 4.78 is 11.4. The standard InChI is InChI=1S/C21H21ClN2O3S/c1-12-19(13(2)25)20(24-21(28)23-12)15-6-9-17(26-3)18(10-15)27-11-14-4-7-16(22)8-5-14/h4-10,20H,11H2,1-3H3,(H2,23,24,28). The van der Waals surface area contributed by atoms with Gasteiger partial charge in [-0.2, -0.15) is 0 Å². The quantitative estimate of drug-likeness (QED) is 0.684. The van der Waals surface area contributed by atoms with Gasteiger partial charge in [-0.05, 0) is 61.5 Å². The molecule has 0 spiro atoms. The first-order chi connectivity index (χ1) is 13.4. The van der Waals surface area contributed by atoms with Crippen LogP contribution >= 0.6 is 23.8 Å². The summed E-state index contributed by atoms with van der Waals surface area (Å²) in [6.45, 7) is 3.76. The number of methoxy groups -OCH3 is 1. The van der Waals surface area contributed by atoms with Crippen LogP contribution in [-0.4, -0.2) is 18.0 Å². The van der Waals surface area contributed by atoms with Crippen molar-refractivity contribution in [2.75, 3.05) is 7.11 Å². The average molecular weight is 417 g/mol. The van der Waals surface area contributed by atoms with E-state index in [1.165, 1.54) is 0 Å². The molecule has 0 amide bonds. The van der Waals surface area contributed by atoms with Crippen LogP contribution < -0.4 is 20.1 Å². The summed E-state index contributed by atoms with van der Waals surface area (Å²) in [6, 6.07) is 12.7. The Morgan fingerprint density at radius 2 is 1.89 bits per heavy atom. The van der Waals surface area contributed by atoms with Gasteiger partial charge in [0.15, 0.2) is 22.4 Å². The smallest absolute Gasteiger partial charge is 0.171 e. The summed E-state index contributed by atoms with van der Waals surface area (Å²) in [5, 5.41) is 7.34. The number of Topliss-reactive ketones (excluding diaryl/α,β-unsaturated/α-hetero) is 1. The first kappa shape index (κ1) is 20.2. The van der Waals surface area contributed by atoms with Crippen LogP contribution in [0.4, 0.5) is 0 Å². The number of carbonyl (C=O) groups excluding carboxylic acids is 1. The summed E-state index contributed by atoms with van der Waals surface area (Å²) in [5.41, 5.74) is 3.24. The fourth-order valence-electron chi connectivity index (χ4n) is 3.14. The highest BCUT2D eigenvalue weighted by atomic mass is 35.5. The second kappa shape index (κ2) is 8.63. The number of benzene rings is 2. The third-order valence-electron chi connectivity index (χ3n) is 4.48. The third-order valence-corrected chi connectivity index (χ3v) is 4.95. The van der Waals surface area contributed by atoms with E-state index in [0.29, 0.717) is 33.8 Å². The maximum atomic E-state index is 12.2. The Labute approximate surface area is 174 Å². The molecular formula is C21H21ClN2O3S. The van der Waals surface area contributed by atoms with Crippen LogP contribution in [0.5, 0.6) is 11.5 Å². The molecule has 7 heteroatoms. The summed E-state index contributed by atoms with van der Waals surface area (Å²) >= 11 is 11.2. The Bertz CT molecular complexity index is 941. The molecule has 1 heterocycles. The van der Waals surface area contributed by atoms with Crippen molar-refractivity contribution in [3.05, 3.63) is 69.9 Å². The van der Waals surface area contributed by atoms with Crippen LogP contribution in [0.1, 0.15) is 31.0 Å². The fourth-order valence-corrected chi connectivity index (χ4v) is 3.54. The van der Waals surface area contributed by atoms with Crippen LogP contribution in [-0.2, 0) is 11.4 Å². The molecule has 2 aromatic carbocycles. The fraction of sp³-hybridized carbons (Fsp3) is 0.238. The van der Waals surface area contributed by atoms with Gasteiger partial charge in [-0.25, -0.2) is 0 Å². The number of halogens is 1. The second-order valence-electron chi connectivity index (χ2n) is 6.45. The molecule has 5 nitrogen and oxygen atoms in total. The SMILES string of the molecule is COc1ccc(C2NC(=S)NC(C)=C2C(C)=O)cc1OCc1ccc(Cl)cc1. The monoisotopic (exact) mass is 416 g/mol. The van der Waals surface area contributed by atoms with Crippen molar-refractivity contribution in [1.29, 1.82) is 0 Å². The molecule has 0 saturated carbocycles. The van der Waals surface area contributed by atoms with Crippen LogP contribution in [0.25, 0.3) is 0 Å². The Hall–Kier alpha value is -2.57. The average Bonchev–Trinajstić information content (AvgIpc) is 2.66. The predicted molar refractivity (Wildman–Crippen MR) is 114 cm³/mol. The van der Waals surface area contributed by atoms with E-state index in [1.54, 1.807) is 14.0 Å². The van der Waals surface area contributed by atoms with Gasteiger partial charge in [-0.1, -0.05) is 29.8 Å². The van der Waals surface area contributed by atoms with Crippen LogP contribution in [0.2, 0.25) is 5.02 Å². The summed E-state index contributed by atoms with van der Waals surface area (Å²) in [4.78, 5) is 12.2. The molecule has 1 aliphatic rings. The topological polar surface area (TPSA) is 59.6 Å². The minimum absolute atomic E-state index is 0.0237. The van der Waals surface area contributed by atoms with E-state index >= 15 is 0 Å². The van der Waals surface area contributed by atoms with Gasteiger partial charge in [-0.3, -0.25) is 4.79 Å². The van der Waals surface area contributed by atoms with Crippen LogP contribution in [0.3, 0.4) is 0 Å². The largest absolute Gasteiger partial charge is 0.493 e. The highest BCUT2D eigenvalue weighted by Crippen LogP contribution is 2.34. The molecule has 1 atom stereocenters. The molecule has 0 radical (unpaired) electrons. The van der Waals surface area contributed by atoms with Crippen molar-refractivity contribution in [3.8, 4) is 11.5 Å². The summed E-state index contributed by atoms with van der Waals surface area (Å²) in [7, 11) is 1.59. The third kappa shape index (κ3) is 4.46. The minimum Gasteiger partial charge on any atom is -0.493 e. The number of thiocarbonyl (C=S) groups is 1. The van der Waals surface area contributed by atoms with Crippen LogP contribution in [0, 0.1) is 0 Å². The van der Waals surface area contributed by atoms with E-state index in [4.69, 9.17) is 33.3 Å². The highest BCUT2D eigenvalue weighted by molar-refractivity contribution is 7.80. The maximum absolute atomic E-state index is 12.2. The molecule has 1 aliphatic heterocycles. The van der Waals surface area contributed by atoms with E-state index in [-0.39, 0.29) is 11.8 Å². The Balaban J connectivity index is 1.91. The van der Waals surface area contributed by atoms with E-state index in [0.717, 1.165) is 16.8 Å². The molecule has 0 bridgehead atoms. The normalized spacial score (nSPS) is 16.3. The molecular weight excluding hydrogens is 396 g/mol. The summed E-state index contributed by atoms with van der Waals surface area (Å²) in [5.74, 6) is 1.17. The Kier molecular flexibility index (Phi) is 6.21. The molecule has 28 heavy (non-hydrogen) atoms. The number of allylic oxidation sites excluding steroid dienone is 1. The van der Waals surface area contributed by atoms with Crippen molar-refractivity contribution in [2.45, 2.75) is 26.5 Å².